The maximum Gasteiger partial charge on any atom is 0.0603 e. The number of aliphatic imine (C=N–C) groups is 1. The van der Waals surface area contributed by atoms with Gasteiger partial charge in [0.25, 0.3) is 0 Å². The van der Waals surface area contributed by atoms with E-state index in [4.69, 9.17) is 0 Å². The van der Waals surface area contributed by atoms with Gasteiger partial charge in [0.1, 0.15) is 0 Å². The predicted molar refractivity (Wildman–Crippen MR) is 65.3 cm³/mol. The monoisotopic (exact) mass is 277 g/mol. The van der Waals surface area contributed by atoms with Crippen molar-refractivity contribution in [3.8, 4) is 0 Å². The summed E-state index contributed by atoms with van der Waals surface area (Å²) < 4.78 is 3.76. The van der Waals surface area contributed by atoms with E-state index in [-0.39, 0.29) is 20.7 Å². The van der Waals surface area contributed by atoms with Crippen molar-refractivity contribution in [3.63, 3.8) is 0 Å². The maximum atomic E-state index is 4.43. The molecule has 1 heterocycles. The van der Waals surface area contributed by atoms with E-state index in [1.807, 2.05) is 0 Å². The second-order valence-electron chi connectivity index (χ2n) is 3.60. The summed E-state index contributed by atoms with van der Waals surface area (Å²) in [7, 11) is 0. The SMILES string of the molecule is CC(C)C1=CC(C(C)C)=NC=I1. The molecule has 0 saturated heterocycles. The third-order valence-corrected chi connectivity index (χ3v) is 4.63. The van der Waals surface area contributed by atoms with Crippen molar-refractivity contribution in [3.05, 3.63) is 9.66 Å². The van der Waals surface area contributed by atoms with Crippen molar-refractivity contribution in [2.45, 2.75) is 27.7 Å². The van der Waals surface area contributed by atoms with Crippen LogP contribution in [0.5, 0.6) is 0 Å². The minimum absolute atomic E-state index is 0.104. The summed E-state index contributed by atoms with van der Waals surface area (Å²) in [5.41, 5.74) is 1.25. The van der Waals surface area contributed by atoms with E-state index in [9.17, 15) is 0 Å². The average molecular weight is 277 g/mol. The fourth-order valence-electron chi connectivity index (χ4n) is 0.956. The molecule has 0 aromatic heterocycles. The molecule has 0 amide bonds. The Morgan fingerprint density at radius 1 is 1.17 bits per heavy atom. The van der Waals surface area contributed by atoms with Crippen LogP contribution in [0.2, 0.25) is 0 Å². The Labute approximate surface area is 84.7 Å². The van der Waals surface area contributed by atoms with Crippen LogP contribution in [0.4, 0.5) is 0 Å². The van der Waals surface area contributed by atoms with Gasteiger partial charge in [0.15, 0.2) is 0 Å². The maximum absolute atomic E-state index is 4.43. The van der Waals surface area contributed by atoms with Gasteiger partial charge in [-0.3, -0.25) is 4.99 Å². The highest BCUT2D eigenvalue weighted by atomic mass is 127. The van der Waals surface area contributed by atoms with Crippen LogP contribution in [0.25, 0.3) is 0 Å². The van der Waals surface area contributed by atoms with Gasteiger partial charge < -0.3 is 0 Å². The lowest BCUT2D eigenvalue weighted by Gasteiger charge is -2.12. The zero-order valence-electron chi connectivity index (χ0n) is 8.13. The van der Waals surface area contributed by atoms with Crippen LogP contribution in [-0.2, 0) is 0 Å². The summed E-state index contributed by atoms with van der Waals surface area (Å²) in [5.74, 6) is 1.28. The molecular weight excluding hydrogens is 261 g/mol. The fraction of sp³-hybridized carbons (Fsp3) is 0.600. The summed E-state index contributed by atoms with van der Waals surface area (Å²) in [6, 6.07) is 0. The van der Waals surface area contributed by atoms with Crippen LogP contribution < -0.4 is 0 Å². The quantitative estimate of drug-likeness (QED) is 0.686. The summed E-state index contributed by atoms with van der Waals surface area (Å²) in [5, 5.41) is 0. The first-order valence-electron chi connectivity index (χ1n) is 4.35. The topological polar surface area (TPSA) is 12.4 Å². The molecule has 1 aliphatic heterocycles. The highest BCUT2D eigenvalue weighted by Crippen LogP contribution is 2.26. The molecule has 0 aliphatic carbocycles. The standard InChI is InChI=1S/C10H16IN/c1-7(2)9-5-10(8(3)4)12-6-11-9/h5-8H,1-4H3. The molecule has 1 rings (SSSR count). The zero-order valence-corrected chi connectivity index (χ0v) is 10.3. The number of hydrogen-bond acceptors (Lipinski definition) is 1. The molecule has 12 heavy (non-hydrogen) atoms. The van der Waals surface area contributed by atoms with Crippen molar-refractivity contribution < 1.29 is 0 Å². The predicted octanol–water partition coefficient (Wildman–Crippen LogP) is 3.37. The number of rotatable bonds is 2. The first-order valence-corrected chi connectivity index (χ1v) is 6.68. The van der Waals surface area contributed by atoms with Crippen molar-refractivity contribution in [1.82, 2.24) is 0 Å². The molecule has 0 unspecified atom stereocenters. The number of halogens is 1. The van der Waals surface area contributed by atoms with Gasteiger partial charge in [-0.2, -0.15) is 0 Å². The Morgan fingerprint density at radius 2 is 1.83 bits per heavy atom. The zero-order chi connectivity index (χ0) is 9.14. The molecule has 1 nitrogen and oxygen atoms in total. The lowest BCUT2D eigenvalue weighted by atomic mass is 10.1. The number of nitrogens with zero attached hydrogens (tertiary/aromatic N) is 1. The van der Waals surface area contributed by atoms with Crippen molar-refractivity contribution in [1.29, 1.82) is 0 Å². The third-order valence-electron chi connectivity index (χ3n) is 1.80. The van der Waals surface area contributed by atoms with E-state index in [0.29, 0.717) is 11.8 Å². The Kier molecular flexibility index (Phi) is 3.62. The Bertz CT molecular complexity index is 238. The average Bonchev–Trinajstić information content (AvgIpc) is 2.04. The molecule has 1 aliphatic rings. The van der Waals surface area contributed by atoms with E-state index in [1.54, 1.807) is 3.58 Å². The highest BCUT2D eigenvalue weighted by Gasteiger charge is 2.08. The number of allylic oxidation sites excluding steroid dienone is 2. The minimum atomic E-state index is 0.104. The van der Waals surface area contributed by atoms with E-state index >= 15 is 0 Å². The molecule has 0 aromatic rings. The molecule has 0 spiro atoms. The van der Waals surface area contributed by atoms with E-state index in [1.165, 1.54) is 5.71 Å². The smallest absolute Gasteiger partial charge is 0.0603 e. The molecule has 2 heteroatoms. The minimum Gasteiger partial charge on any atom is -0.255 e. The van der Waals surface area contributed by atoms with Crippen LogP contribution in [-0.4, -0.2) is 9.85 Å². The molecule has 0 aromatic carbocycles. The largest absolute Gasteiger partial charge is 0.255 e. The van der Waals surface area contributed by atoms with Gasteiger partial charge in [0.2, 0.25) is 0 Å². The normalized spacial score (nSPS) is 17.5. The fourth-order valence-corrected chi connectivity index (χ4v) is 2.96. The second kappa shape index (κ2) is 4.30. The van der Waals surface area contributed by atoms with Crippen LogP contribution in [0, 0.1) is 11.8 Å². The molecule has 0 N–H and O–H groups in total. The lowest BCUT2D eigenvalue weighted by molar-refractivity contribution is 0.822. The van der Waals surface area contributed by atoms with E-state index in [0.717, 1.165) is 0 Å². The first kappa shape index (κ1) is 10.1. The van der Waals surface area contributed by atoms with Crippen molar-refractivity contribution >= 4 is 30.6 Å². The van der Waals surface area contributed by atoms with Crippen LogP contribution in [0.1, 0.15) is 27.7 Å². The molecule has 0 atom stereocenters. The van der Waals surface area contributed by atoms with Gasteiger partial charge in [-0.15, -0.1) is 0 Å². The van der Waals surface area contributed by atoms with Gasteiger partial charge >= 0.3 is 0 Å². The second-order valence-corrected chi connectivity index (χ2v) is 6.02. The molecule has 0 fully saturated rings. The summed E-state index contributed by atoms with van der Waals surface area (Å²) in [6.07, 6.45) is 2.31. The first-order chi connectivity index (χ1) is 5.61. The van der Waals surface area contributed by atoms with E-state index < -0.39 is 0 Å². The van der Waals surface area contributed by atoms with Gasteiger partial charge in [-0.25, -0.2) is 0 Å². The lowest BCUT2D eigenvalue weighted by Crippen LogP contribution is -2.07. The molecular formula is C10H16IN. The van der Waals surface area contributed by atoms with Crippen molar-refractivity contribution in [2.75, 3.05) is 0 Å². The summed E-state index contributed by atoms with van der Waals surface area (Å²) in [6.45, 7) is 8.93. The summed E-state index contributed by atoms with van der Waals surface area (Å²) >= 11 is 0.104. The highest BCUT2D eigenvalue weighted by molar-refractivity contribution is 14.2. The van der Waals surface area contributed by atoms with Crippen LogP contribution in [0.15, 0.2) is 14.6 Å². The number of hydrogen-bond donors (Lipinski definition) is 0. The Morgan fingerprint density at radius 3 is 2.33 bits per heavy atom. The molecule has 0 radical (unpaired) electrons. The Balaban J connectivity index is 2.84. The van der Waals surface area contributed by atoms with Crippen molar-refractivity contribution in [2.24, 2.45) is 16.8 Å². The Hall–Kier alpha value is 0.01000. The van der Waals surface area contributed by atoms with Gasteiger partial charge in [-0.05, 0) is 21.5 Å². The van der Waals surface area contributed by atoms with Gasteiger partial charge in [0.05, 0.1) is 4.14 Å². The third kappa shape index (κ3) is 2.51. The summed E-state index contributed by atoms with van der Waals surface area (Å²) in [4.78, 5) is 4.43. The van der Waals surface area contributed by atoms with Crippen LogP contribution >= 0.6 is 20.7 Å². The van der Waals surface area contributed by atoms with Gasteiger partial charge in [0, 0.05) is 5.71 Å². The molecule has 0 bridgehead atoms. The molecule has 0 saturated carbocycles. The molecule has 68 valence electrons. The van der Waals surface area contributed by atoms with Gasteiger partial charge in [-0.1, -0.05) is 48.4 Å². The van der Waals surface area contributed by atoms with Crippen LogP contribution in [0.3, 0.4) is 0 Å². The van der Waals surface area contributed by atoms with E-state index in [2.05, 4.69) is 42.9 Å².